The van der Waals surface area contributed by atoms with Gasteiger partial charge in [0.15, 0.2) is 0 Å². The van der Waals surface area contributed by atoms with Crippen molar-refractivity contribution in [2.24, 2.45) is 0 Å². The molecule has 0 spiro atoms. The van der Waals surface area contributed by atoms with Gasteiger partial charge in [0.2, 0.25) is 0 Å². The summed E-state index contributed by atoms with van der Waals surface area (Å²) in [6.07, 6.45) is 2.85. The summed E-state index contributed by atoms with van der Waals surface area (Å²) in [4.78, 5) is 12.0. The maximum Gasteiger partial charge on any atom is 0.262 e. The van der Waals surface area contributed by atoms with Crippen LogP contribution < -0.4 is 5.32 Å². The molecule has 110 valence electrons. The van der Waals surface area contributed by atoms with Crippen LogP contribution in [0.25, 0.3) is 0 Å². The van der Waals surface area contributed by atoms with Crippen molar-refractivity contribution >= 4 is 53.2 Å². The lowest BCUT2D eigenvalue weighted by Gasteiger charge is -2.39. The van der Waals surface area contributed by atoms with Crippen LogP contribution in [0.1, 0.15) is 36.5 Å². The molecule has 0 heterocycles. The maximum atomic E-state index is 12.3. The fourth-order valence-electron chi connectivity index (χ4n) is 2.08. The molecule has 1 saturated carbocycles. The van der Waals surface area contributed by atoms with Gasteiger partial charge in [0.05, 0.1) is 10.6 Å². The van der Waals surface area contributed by atoms with Crippen LogP contribution in [0.2, 0.25) is 5.02 Å². The third kappa shape index (κ3) is 3.30. The topological polar surface area (TPSA) is 63.2 Å². The van der Waals surface area contributed by atoms with Crippen LogP contribution >= 0.6 is 38.2 Å². The van der Waals surface area contributed by atoms with E-state index in [1.165, 1.54) is 12.1 Å². The van der Waals surface area contributed by atoms with Gasteiger partial charge in [-0.2, -0.15) is 0 Å². The Morgan fingerprint density at radius 3 is 2.45 bits per heavy atom. The molecule has 0 saturated heterocycles. The van der Waals surface area contributed by atoms with Crippen molar-refractivity contribution in [3.05, 3.63) is 27.2 Å². The van der Waals surface area contributed by atoms with Crippen LogP contribution in [0.15, 0.2) is 21.5 Å². The molecule has 0 unspecified atom stereocenters. The molecule has 1 aromatic rings. The van der Waals surface area contributed by atoms with Crippen LogP contribution in [-0.4, -0.2) is 19.9 Å². The molecule has 0 bridgehead atoms. The Balaban J connectivity index is 2.41. The molecule has 1 aliphatic rings. The van der Waals surface area contributed by atoms with Crippen molar-refractivity contribution < 1.29 is 13.2 Å². The van der Waals surface area contributed by atoms with Gasteiger partial charge >= 0.3 is 0 Å². The minimum atomic E-state index is -4.02. The van der Waals surface area contributed by atoms with Crippen LogP contribution in [-0.2, 0) is 9.05 Å². The highest BCUT2D eigenvalue weighted by Crippen LogP contribution is 2.34. The summed E-state index contributed by atoms with van der Waals surface area (Å²) >= 11 is 9.16. The van der Waals surface area contributed by atoms with Crippen molar-refractivity contribution in [2.45, 2.75) is 36.6 Å². The molecule has 1 aliphatic carbocycles. The van der Waals surface area contributed by atoms with E-state index >= 15 is 0 Å². The van der Waals surface area contributed by atoms with E-state index in [-0.39, 0.29) is 21.0 Å². The summed E-state index contributed by atoms with van der Waals surface area (Å²) < 4.78 is 23.3. The van der Waals surface area contributed by atoms with Crippen molar-refractivity contribution in [3.8, 4) is 0 Å². The zero-order chi connectivity index (χ0) is 15.1. The Labute approximate surface area is 135 Å². The molecule has 8 heteroatoms. The van der Waals surface area contributed by atoms with E-state index in [1.807, 2.05) is 6.92 Å². The lowest BCUT2D eigenvalue weighted by atomic mass is 9.78. The summed E-state index contributed by atoms with van der Waals surface area (Å²) in [6, 6.07) is 2.75. The molecule has 4 nitrogen and oxygen atoms in total. The molecule has 1 fully saturated rings. The summed E-state index contributed by atoms with van der Waals surface area (Å²) in [7, 11) is 1.30. The number of halogens is 3. The number of carbonyl (C=O) groups is 1. The Morgan fingerprint density at radius 1 is 1.40 bits per heavy atom. The second-order valence-corrected chi connectivity index (χ2v) is 8.90. The molecular weight excluding hydrogens is 389 g/mol. The molecule has 0 radical (unpaired) electrons. The predicted octanol–water partition coefficient (Wildman–Crippen LogP) is 3.70. The molecular formula is C12H12BrCl2NO3S. The maximum absolute atomic E-state index is 12.3. The Bertz CT molecular complexity index is 672. The van der Waals surface area contributed by atoms with Gasteiger partial charge in [0, 0.05) is 20.7 Å². The lowest BCUT2D eigenvalue weighted by Crippen LogP contribution is -2.51. The van der Waals surface area contributed by atoms with Crippen molar-refractivity contribution in [2.75, 3.05) is 0 Å². The second-order valence-electron chi connectivity index (χ2n) is 5.07. The van der Waals surface area contributed by atoms with Crippen LogP contribution in [0, 0.1) is 0 Å². The molecule has 0 aliphatic heterocycles. The SMILES string of the molecule is CC1(NC(=O)c2cc(Br)cc(S(=O)(=O)Cl)c2Cl)CCC1. The van der Waals surface area contributed by atoms with E-state index in [4.69, 9.17) is 22.3 Å². The number of hydrogen-bond donors (Lipinski definition) is 1. The van der Waals surface area contributed by atoms with Crippen molar-refractivity contribution in [1.29, 1.82) is 0 Å². The zero-order valence-electron chi connectivity index (χ0n) is 10.5. The smallest absolute Gasteiger partial charge is 0.262 e. The van der Waals surface area contributed by atoms with Crippen LogP contribution in [0.3, 0.4) is 0 Å². The van der Waals surface area contributed by atoms with E-state index < -0.39 is 15.0 Å². The van der Waals surface area contributed by atoms with Crippen molar-refractivity contribution in [1.82, 2.24) is 5.32 Å². The largest absolute Gasteiger partial charge is 0.347 e. The first-order chi connectivity index (χ1) is 9.12. The van der Waals surface area contributed by atoms with Gasteiger partial charge in [-0.05, 0) is 38.3 Å². The molecule has 20 heavy (non-hydrogen) atoms. The van der Waals surface area contributed by atoms with E-state index in [9.17, 15) is 13.2 Å². The second kappa shape index (κ2) is 5.48. The first kappa shape index (κ1) is 16.1. The summed E-state index contributed by atoms with van der Waals surface area (Å²) in [5.41, 5.74) is -0.156. The van der Waals surface area contributed by atoms with E-state index in [0.717, 1.165) is 19.3 Å². The molecule has 1 aromatic carbocycles. The fraction of sp³-hybridized carbons (Fsp3) is 0.417. The number of rotatable bonds is 3. The number of benzene rings is 1. The standard InChI is InChI=1S/C12H12BrCl2NO3S/c1-12(3-2-4-12)16-11(17)8-5-7(13)6-9(10(8)14)20(15,18)19/h5-6H,2-4H2,1H3,(H,16,17). The van der Waals surface area contributed by atoms with Gasteiger partial charge in [-0.25, -0.2) is 8.42 Å². The normalized spacial score (nSPS) is 17.4. The van der Waals surface area contributed by atoms with Gasteiger partial charge < -0.3 is 5.32 Å². The average molecular weight is 401 g/mol. The minimum absolute atomic E-state index is 0.0911. The zero-order valence-corrected chi connectivity index (χ0v) is 14.5. The summed E-state index contributed by atoms with van der Waals surface area (Å²) in [6.45, 7) is 1.94. The third-order valence-corrected chi connectivity index (χ3v) is 5.71. The van der Waals surface area contributed by atoms with Crippen molar-refractivity contribution in [3.63, 3.8) is 0 Å². The molecule has 2 rings (SSSR count). The lowest BCUT2D eigenvalue weighted by molar-refractivity contribution is 0.0850. The van der Waals surface area contributed by atoms with E-state index in [0.29, 0.717) is 4.47 Å². The number of hydrogen-bond acceptors (Lipinski definition) is 3. The Morgan fingerprint density at radius 2 is 2.00 bits per heavy atom. The van der Waals surface area contributed by atoms with Gasteiger partial charge in [-0.3, -0.25) is 4.79 Å². The van der Waals surface area contributed by atoms with Gasteiger partial charge in [0.1, 0.15) is 4.90 Å². The van der Waals surface area contributed by atoms with E-state index in [2.05, 4.69) is 21.2 Å². The first-order valence-corrected chi connectivity index (χ1v) is 9.37. The monoisotopic (exact) mass is 399 g/mol. The molecule has 1 amide bonds. The highest BCUT2D eigenvalue weighted by atomic mass is 79.9. The van der Waals surface area contributed by atoms with E-state index in [1.54, 1.807) is 0 Å². The molecule has 0 aromatic heterocycles. The van der Waals surface area contributed by atoms with Gasteiger partial charge in [-0.1, -0.05) is 27.5 Å². The van der Waals surface area contributed by atoms with Gasteiger partial charge in [-0.15, -0.1) is 0 Å². The first-order valence-electron chi connectivity index (χ1n) is 5.89. The highest BCUT2D eigenvalue weighted by Gasteiger charge is 2.34. The quantitative estimate of drug-likeness (QED) is 0.786. The highest BCUT2D eigenvalue weighted by molar-refractivity contribution is 9.10. The summed E-state index contributed by atoms with van der Waals surface area (Å²) in [5, 5.41) is 2.71. The molecule has 0 atom stereocenters. The Hall–Kier alpha value is -0.300. The van der Waals surface area contributed by atoms with Gasteiger partial charge in [0.25, 0.3) is 15.0 Å². The van der Waals surface area contributed by atoms with Crippen LogP contribution in [0.4, 0.5) is 0 Å². The number of nitrogens with one attached hydrogen (secondary N) is 1. The fourth-order valence-corrected chi connectivity index (χ4v) is 4.26. The number of carbonyl (C=O) groups excluding carboxylic acids is 1. The average Bonchev–Trinajstić information content (AvgIpc) is 2.28. The molecule has 1 N–H and O–H groups in total. The number of amides is 1. The third-order valence-electron chi connectivity index (χ3n) is 3.38. The van der Waals surface area contributed by atoms with Crippen LogP contribution in [0.5, 0.6) is 0 Å². The Kier molecular flexibility index (Phi) is 4.40. The summed E-state index contributed by atoms with van der Waals surface area (Å²) in [5.74, 6) is -0.403. The minimum Gasteiger partial charge on any atom is -0.347 e. The predicted molar refractivity (Wildman–Crippen MR) is 81.9 cm³/mol.